The first-order chi connectivity index (χ1) is 12.3. The quantitative estimate of drug-likeness (QED) is 0.860. The number of fused-ring (bicyclic) bond motifs is 1. The summed E-state index contributed by atoms with van der Waals surface area (Å²) in [5.74, 6) is 1.67. The smallest absolute Gasteiger partial charge is 0.162 e. The summed E-state index contributed by atoms with van der Waals surface area (Å²) >= 11 is 0. The summed E-state index contributed by atoms with van der Waals surface area (Å²) in [7, 11) is 0. The van der Waals surface area contributed by atoms with Gasteiger partial charge in [-0.05, 0) is 49.1 Å². The SMILES string of the molecule is CCNC1(Cc2ccc([C@H]3COc4ccccc4O3)cc2)CCCC1. The van der Waals surface area contributed by atoms with Crippen molar-refractivity contribution < 1.29 is 9.47 Å². The Morgan fingerprint density at radius 1 is 1.00 bits per heavy atom. The van der Waals surface area contributed by atoms with Crippen molar-refractivity contribution >= 4 is 0 Å². The molecular weight excluding hydrogens is 310 g/mol. The molecule has 1 saturated carbocycles. The molecule has 3 nitrogen and oxygen atoms in total. The number of hydrogen-bond acceptors (Lipinski definition) is 3. The van der Waals surface area contributed by atoms with Crippen LogP contribution < -0.4 is 14.8 Å². The lowest BCUT2D eigenvalue weighted by molar-refractivity contribution is 0.0913. The average Bonchev–Trinajstić information content (AvgIpc) is 3.10. The number of nitrogens with one attached hydrogen (secondary N) is 1. The number of likely N-dealkylation sites (N-methyl/N-ethyl adjacent to an activating group) is 1. The zero-order chi connectivity index (χ0) is 17.1. The zero-order valence-electron chi connectivity index (χ0n) is 15.0. The maximum Gasteiger partial charge on any atom is 0.162 e. The first-order valence-corrected chi connectivity index (χ1v) is 9.50. The largest absolute Gasteiger partial charge is 0.485 e. The van der Waals surface area contributed by atoms with Crippen LogP contribution in [0, 0.1) is 0 Å². The van der Waals surface area contributed by atoms with Gasteiger partial charge in [0, 0.05) is 5.54 Å². The molecule has 2 aromatic rings. The molecule has 0 spiro atoms. The summed E-state index contributed by atoms with van der Waals surface area (Å²) in [6, 6.07) is 16.8. The van der Waals surface area contributed by atoms with Gasteiger partial charge in [-0.25, -0.2) is 0 Å². The minimum absolute atomic E-state index is 0.0295. The summed E-state index contributed by atoms with van der Waals surface area (Å²) in [5, 5.41) is 3.75. The monoisotopic (exact) mass is 337 g/mol. The molecule has 1 heterocycles. The van der Waals surface area contributed by atoms with Crippen LogP contribution in [0.4, 0.5) is 0 Å². The topological polar surface area (TPSA) is 30.5 Å². The highest BCUT2D eigenvalue weighted by atomic mass is 16.6. The fraction of sp³-hybridized carbons (Fsp3) is 0.455. The van der Waals surface area contributed by atoms with Crippen molar-refractivity contribution in [2.75, 3.05) is 13.2 Å². The Labute approximate surface area is 150 Å². The lowest BCUT2D eigenvalue weighted by Gasteiger charge is -2.31. The third-order valence-electron chi connectivity index (χ3n) is 5.52. The predicted octanol–water partition coefficient (Wildman–Crippen LogP) is 4.66. The van der Waals surface area contributed by atoms with Crippen molar-refractivity contribution in [3.63, 3.8) is 0 Å². The molecule has 1 fully saturated rings. The van der Waals surface area contributed by atoms with E-state index in [0.29, 0.717) is 12.1 Å². The standard InChI is InChI=1S/C22H27NO2/c1-2-23-22(13-5-6-14-22)15-17-9-11-18(12-10-17)21-16-24-19-7-3-4-8-20(19)25-21/h3-4,7-12,21,23H,2,5-6,13-16H2,1H3/t21-/m1/s1. The van der Waals surface area contributed by atoms with Gasteiger partial charge in [0.25, 0.3) is 0 Å². The van der Waals surface area contributed by atoms with Crippen LogP contribution in [0.15, 0.2) is 48.5 Å². The van der Waals surface area contributed by atoms with Gasteiger partial charge >= 0.3 is 0 Å². The summed E-state index contributed by atoms with van der Waals surface area (Å²) in [6.07, 6.45) is 6.36. The third kappa shape index (κ3) is 3.52. The van der Waals surface area contributed by atoms with E-state index in [9.17, 15) is 0 Å². The Balaban J connectivity index is 1.46. The fourth-order valence-electron chi connectivity index (χ4n) is 4.27. The second-order valence-corrected chi connectivity index (χ2v) is 7.30. The third-order valence-corrected chi connectivity index (χ3v) is 5.52. The lowest BCUT2D eigenvalue weighted by Crippen LogP contribution is -2.44. The maximum atomic E-state index is 6.11. The molecule has 25 heavy (non-hydrogen) atoms. The molecule has 1 atom stereocenters. The molecule has 1 N–H and O–H groups in total. The van der Waals surface area contributed by atoms with E-state index in [0.717, 1.165) is 24.5 Å². The van der Waals surface area contributed by atoms with Crippen LogP contribution in [0.1, 0.15) is 49.8 Å². The molecular formula is C22H27NO2. The van der Waals surface area contributed by atoms with Gasteiger partial charge in [-0.15, -0.1) is 0 Å². The second kappa shape index (κ2) is 7.09. The molecule has 0 saturated heterocycles. The summed E-state index contributed by atoms with van der Waals surface area (Å²) in [5.41, 5.74) is 2.89. The van der Waals surface area contributed by atoms with Crippen LogP contribution in [0.5, 0.6) is 11.5 Å². The van der Waals surface area contributed by atoms with E-state index in [2.05, 4.69) is 36.5 Å². The maximum absolute atomic E-state index is 6.11. The van der Waals surface area contributed by atoms with E-state index >= 15 is 0 Å². The summed E-state index contributed by atoms with van der Waals surface area (Å²) in [6.45, 7) is 3.82. The van der Waals surface area contributed by atoms with Crippen molar-refractivity contribution in [1.29, 1.82) is 0 Å². The van der Waals surface area contributed by atoms with Gasteiger partial charge in [-0.1, -0.05) is 56.2 Å². The van der Waals surface area contributed by atoms with Crippen molar-refractivity contribution in [2.24, 2.45) is 0 Å². The van der Waals surface area contributed by atoms with E-state index in [1.165, 1.54) is 36.8 Å². The Morgan fingerprint density at radius 3 is 2.44 bits per heavy atom. The predicted molar refractivity (Wildman–Crippen MR) is 100 cm³/mol. The van der Waals surface area contributed by atoms with Crippen LogP contribution in [0.3, 0.4) is 0 Å². The molecule has 132 valence electrons. The normalized spacial score (nSPS) is 21.2. The summed E-state index contributed by atoms with van der Waals surface area (Å²) in [4.78, 5) is 0. The van der Waals surface area contributed by atoms with Gasteiger partial charge in [0.05, 0.1) is 0 Å². The van der Waals surface area contributed by atoms with E-state index in [1.807, 2.05) is 24.3 Å². The van der Waals surface area contributed by atoms with Crippen LogP contribution in [-0.4, -0.2) is 18.7 Å². The van der Waals surface area contributed by atoms with Crippen LogP contribution >= 0.6 is 0 Å². The van der Waals surface area contributed by atoms with Gasteiger partial charge in [-0.3, -0.25) is 0 Å². The first kappa shape index (κ1) is 16.5. The van der Waals surface area contributed by atoms with E-state index in [1.54, 1.807) is 0 Å². The highest BCUT2D eigenvalue weighted by molar-refractivity contribution is 5.41. The molecule has 4 rings (SSSR count). The van der Waals surface area contributed by atoms with Crippen molar-refractivity contribution in [3.8, 4) is 11.5 Å². The van der Waals surface area contributed by atoms with E-state index in [-0.39, 0.29) is 6.10 Å². The van der Waals surface area contributed by atoms with Crippen molar-refractivity contribution in [2.45, 2.75) is 50.7 Å². The number of ether oxygens (including phenoxy) is 2. The zero-order valence-corrected chi connectivity index (χ0v) is 15.0. The fourth-order valence-corrected chi connectivity index (χ4v) is 4.27. The van der Waals surface area contributed by atoms with Crippen molar-refractivity contribution in [1.82, 2.24) is 5.32 Å². The Hall–Kier alpha value is -2.00. The van der Waals surface area contributed by atoms with Gasteiger partial charge < -0.3 is 14.8 Å². The lowest BCUT2D eigenvalue weighted by atomic mass is 9.88. The van der Waals surface area contributed by atoms with Gasteiger partial charge in [0.2, 0.25) is 0 Å². The number of benzene rings is 2. The molecule has 1 aliphatic carbocycles. The van der Waals surface area contributed by atoms with Gasteiger partial charge in [-0.2, -0.15) is 0 Å². The minimum Gasteiger partial charge on any atom is -0.485 e. The van der Waals surface area contributed by atoms with Crippen LogP contribution in [-0.2, 0) is 6.42 Å². The first-order valence-electron chi connectivity index (χ1n) is 9.50. The molecule has 2 aliphatic rings. The van der Waals surface area contributed by atoms with Gasteiger partial charge in [0.15, 0.2) is 17.6 Å². The average molecular weight is 337 g/mol. The number of para-hydroxylation sites is 2. The Bertz CT molecular complexity index is 704. The molecule has 2 aromatic carbocycles. The second-order valence-electron chi connectivity index (χ2n) is 7.30. The molecule has 0 aromatic heterocycles. The molecule has 3 heteroatoms. The number of hydrogen-bond donors (Lipinski definition) is 1. The minimum atomic E-state index is -0.0295. The molecule has 0 unspecified atom stereocenters. The highest BCUT2D eigenvalue weighted by Crippen LogP contribution is 2.36. The molecule has 0 amide bonds. The van der Waals surface area contributed by atoms with E-state index < -0.39 is 0 Å². The van der Waals surface area contributed by atoms with Crippen molar-refractivity contribution in [3.05, 3.63) is 59.7 Å². The summed E-state index contributed by atoms with van der Waals surface area (Å²) < 4.78 is 12.0. The van der Waals surface area contributed by atoms with Crippen LogP contribution in [0.2, 0.25) is 0 Å². The molecule has 0 bridgehead atoms. The Kier molecular flexibility index (Phi) is 4.67. The van der Waals surface area contributed by atoms with Crippen LogP contribution in [0.25, 0.3) is 0 Å². The van der Waals surface area contributed by atoms with Gasteiger partial charge in [0.1, 0.15) is 6.61 Å². The molecule has 1 aliphatic heterocycles. The Morgan fingerprint density at radius 2 is 1.72 bits per heavy atom. The van der Waals surface area contributed by atoms with E-state index in [4.69, 9.17) is 9.47 Å². The molecule has 0 radical (unpaired) electrons. The highest BCUT2D eigenvalue weighted by Gasteiger charge is 2.32. The number of rotatable bonds is 5.